The average Bonchev–Trinajstić information content (AvgIpc) is 2.46. The van der Waals surface area contributed by atoms with Gasteiger partial charge in [0.1, 0.15) is 0 Å². The van der Waals surface area contributed by atoms with Gasteiger partial charge >= 0.3 is 0 Å². The monoisotopic (exact) mass is 280 g/mol. The van der Waals surface area contributed by atoms with Crippen LogP contribution in [0.25, 0.3) is 0 Å². The minimum atomic E-state index is 0.724. The largest absolute Gasteiger partial charge is 0.383 e. The molecule has 0 fully saturated rings. The molecule has 1 rings (SSSR count). The molecule has 0 radical (unpaired) electrons. The van der Waals surface area contributed by atoms with Crippen LogP contribution in [0.5, 0.6) is 0 Å². The molecule has 0 aliphatic heterocycles. The van der Waals surface area contributed by atoms with Gasteiger partial charge in [-0.05, 0) is 30.7 Å². The maximum Gasteiger partial charge on any atom is 0.0637 e. The number of ether oxygens (including phenoxy) is 2. The van der Waals surface area contributed by atoms with Crippen LogP contribution in [0.3, 0.4) is 0 Å². The van der Waals surface area contributed by atoms with Gasteiger partial charge in [0.15, 0.2) is 0 Å². The van der Waals surface area contributed by atoms with E-state index in [0.29, 0.717) is 0 Å². The van der Waals surface area contributed by atoms with Crippen molar-refractivity contribution in [3.05, 3.63) is 29.3 Å². The predicted molar refractivity (Wildman–Crippen MR) is 84.5 cm³/mol. The normalized spacial score (nSPS) is 10.8. The lowest BCUT2D eigenvalue weighted by atomic mass is 10.1. The molecule has 0 aliphatic rings. The fraction of sp³-hybridized carbons (Fsp3) is 0.625. The summed E-state index contributed by atoms with van der Waals surface area (Å²) in [6, 6.07) is 6.65. The number of rotatable bonds is 10. The molecule has 114 valence electrons. The molecule has 0 heterocycles. The Labute approximate surface area is 123 Å². The molecular weight excluding hydrogens is 252 g/mol. The van der Waals surface area contributed by atoms with Crippen molar-refractivity contribution >= 4 is 5.69 Å². The number of anilines is 1. The number of nitrogens with zero attached hydrogens (tertiary/aromatic N) is 1. The molecule has 0 saturated carbocycles. The quantitative estimate of drug-likeness (QED) is 0.712. The summed E-state index contributed by atoms with van der Waals surface area (Å²) < 4.78 is 10.4. The SMILES string of the molecule is CCNCc1ccc(N(CCOC)CCOC)c(C)c1. The van der Waals surface area contributed by atoms with Crippen LogP contribution in [-0.2, 0) is 16.0 Å². The number of aryl methyl sites for hydroxylation is 1. The van der Waals surface area contributed by atoms with Gasteiger partial charge in [-0.1, -0.05) is 19.1 Å². The Morgan fingerprint density at radius 1 is 1.10 bits per heavy atom. The fourth-order valence-electron chi connectivity index (χ4n) is 2.21. The molecule has 0 atom stereocenters. The van der Waals surface area contributed by atoms with Gasteiger partial charge in [-0.3, -0.25) is 0 Å². The van der Waals surface area contributed by atoms with E-state index in [1.54, 1.807) is 14.2 Å². The summed E-state index contributed by atoms with van der Waals surface area (Å²) in [5.74, 6) is 0. The first-order chi connectivity index (χ1) is 9.72. The summed E-state index contributed by atoms with van der Waals surface area (Å²) in [6.07, 6.45) is 0. The highest BCUT2D eigenvalue weighted by Crippen LogP contribution is 2.21. The molecule has 4 heteroatoms. The topological polar surface area (TPSA) is 33.7 Å². The number of hydrogen-bond donors (Lipinski definition) is 1. The first-order valence-electron chi connectivity index (χ1n) is 7.26. The van der Waals surface area contributed by atoms with Crippen LogP contribution in [0.1, 0.15) is 18.1 Å². The number of benzene rings is 1. The third-order valence-electron chi connectivity index (χ3n) is 3.31. The molecule has 0 bridgehead atoms. The molecule has 1 N–H and O–H groups in total. The molecule has 0 aromatic heterocycles. The summed E-state index contributed by atoms with van der Waals surface area (Å²) in [5.41, 5.74) is 3.89. The Hall–Kier alpha value is -1.10. The lowest BCUT2D eigenvalue weighted by Crippen LogP contribution is -2.31. The predicted octanol–water partition coefficient (Wildman–Crippen LogP) is 2.20. The van der Waals surface area contributed by atoms with Gasteiger partial charge in [-0.2, -0.15) is 0 Å². The Kier molecular flexibility index (Phi) is 8.26. The van der Waals surface area contributed by atoms with Crippen molar-refractivity contribution in [3.63, 3.8) is 0 Å². The number of nitrogens with one attached hydrogen (secondary N) is 1. The third-order valence-corrected chi connectivity index (χ3v) is 3.31. The minimum Gasteiger partial charge on any atom is -0.383 e. The van der Waals surface area contributed by atoms with E-state index in [0.717, 1.165) is 39.4 Å². The van der Waals surface area contributed by atoms with Crippen molar-refractivity contribution in [2.45, 2.75) is 20.4 Å². The first-order valence-corrected chi connectivity index (χ1v) is 7.26. The Bertz CT molecular complexity index is 375. The highest BCUT2D eigenvalue weighted by atomic mass is 16.5. The average molecular weight is 280 g/mol. The number of methoxy groups -OCH3 is 2. The standard InChI is InChI=1S/C16H28N2O2/c1-5-17-13-15-6-7-16(14(2)12-15)18(8-10-19-3)9-11-20-4/h6-7,12,17H,5,8-11,13H2,1-4H3. The Morgan fingerprint density at radius 3 is 2.25 bits per heavy atom. The van der Waals surface area contributed by atoms with Gasteiger partial charge in [0.25, 0.3) is 0 Å². The maximum atomic E-state index is 5.20. The summed E-state index contributed by atoms with van der Waals surface area (Å²) in [5, 5.41) is 3.36. The zero-order chi connectivity index (χ0) is 14.8. The van der Waals surface area contributed by atoms with Crippen molar-refractivity contribution in [3.8, 4) is 0 Å². The van der Waals surface area contributed by atoms with E-state index in [1.165, 1.54) is 16.8 Å². The number of hydrogen-bond acceptors (Lipinski definition) is 4. The van der Waals surface area contributed by atoms with E-state index >= 15 is 0 Å². The summed E-state index contributed by atoms with van der Waals surface area (Å²) >= 11 is 0. The van der Waals surface area contributed by atoms with Crippen LogP contribution in [0.15, 0.2) is 18.2 Å². The van der Waals surface area contributed by atoms with Crippen LogP contribution in [-0.4, -0.2) is 47.1 Å². The second kappa shape index (κ2) is 9.75. The third kappa shape index (κ3) is 5.49. The molecule has 0 unspecified atom stereocenters. The van der Waals surface area contributed by atoms with E-state index in [1.807, 2.05) is 0 Å². The van der Waals surface area contributed by atoms with Crippen molar-refractivity contribution < 1.29 is 9.47 Å². The van der Waals surface area contributed by atoms with Crippen molar-refractivity contribution in [2.24, 2.45) is 0 Å². The van der Waals surface area contributed by atoms with Gasteiger partial charge in [0.05, 0.1) is 13.2 Å². The van der Waals surface area contributed by atoms with E-state index in [4.69, 9.17) is 9.47 Å². The maximum absolute atomic E-state index is 5.20. The molecular formula is C16H28N2O2. The summed E-state index contributed by atoms with van der Waals surface area (Å²) in [7, 11) is 3.47. The van der Waals surface area contributed by atoms with Gasteiger partial charge in [-0.15, -0.1) is 0 Å². The smallest absolute Gasteiger partial charge is 0.0637 e. The minimum absolute atomic E-state index is 0.724. The van der Waals surface area contributed by atoms with E-state index in [-0.39, 0.29) is 0 Å². The molecule has 4 nitrogen and oxygen atoms in total. The van der Waals surface area contributed by atoms with E-state index < -0.39 is 0 Å². The molecule has 1 aromatic rings. The van der Waals surface area contributed by atoms with Crippen LogP contribution < -0.4 is 10.2 Å². The van der Waals surface area contributed by atoms with E-state index in [9.17, 15) is 0 Å². The summed E-state index contributed by atoms with van der Waals surface area (Å²) in [6.45, 7) is 9.42. The lowest BCUT2D eigenvalue weighted by molar-refractivity contribution is 0.190. The van der Waals surface area contributed by atoms with Crippen LogP contribution in [0.4, 0.5) is 5.69 Å². The summed E-state index contributed by atoms with van der Waals surface area (Å²) in [4.78, 5) is 2.32. The Balaban J connectivity index is 2.78. The van der Waals surface area contributed by atoms with Crippen molar-refractivity contribution in [1.29, 1.82) is 0 Å². The molecule has 1 aromatic carbocycles. The second-order valence-electron chi connectivity index (χ2n) is 4.87. The zero-order valence-corrected chi connectivity index (χ0v) is 13.2. The lowest BCUT2D eigenvalue weighted by Gasteiger charge is -2.26. The zero-order valence-electron chi connectivity index (χ0n) is 13.2. The fourth-order valence-corrected chi connectivity index (χ4v) is 2.21. The van der Waals surface area contributed by atoms with Crippen LogP contribution >= 0.6 is 0 Å². The highest BCUT2D eigenvalue weighted by molar-refractivity contribution is 5.54. The molecule has 0 amide bonds. The van der Waals surface area contributed by atoms with Gasteiger partial charge in [0.2, 0.25) is 0 Å². The molecule has 20 heavy (non-hydrogen) atoms. The Morgan fingerprint density at radius 2 is 1.75 bits per heavy atom. The molecule has 0 saturated heterocycles. The van der Waals surface area contributed by atoms with Crippen molar-refractivity contribution in [2.75, 3.05) is 52.0 Å². The second-order valence-corrected chi connectivity index (χ2v) is 4.87. The van der Waals surface area contributed by atoms with Gasteiger partial charge in [0, 0.05) is 39.5 Å². The van der Waals surface area contributed by atoms with E-state index in [2.05, 4.69) is 42.3 Å². The van der Waals surface area contributed by atoms with Gasteiger partial charge in [-0.25, -0.2) is 0 Å². The van der Waals surface area contributed by atoms with Crippen molar-refractivity contribution in [1.82, 2.24) is 5.32 Å². The molecule has 0 aliphatic carbocycles. The highest BCUT2D eigenvalue weighted by Gasteiger charge is 2.09. The van der Waals surface area contributed by atoms with Crippen LogP contribution in [0.2, 0.25) is 0 Å². The van der Waals surface area contributed by atoms with Crippen LogP contribution in [0, 0.1) is 6.92 Å². The first kappa shape index (κ1) is 17.0. The van der Waals surface area contributed by atoms with Gasteiger partial charge < -0.3 is 19.7 Å². The molecule has 0 spiro atoms.